The van der Waals surface area contributed by atoms with Crippen molar-refractivity contribution in [3.8, 4) is 0 Å². The van der Waals surface area contributed by atoms with Crippen molar-refractivity contribution in [1.82, 2.24) is 19.5 Å². The largest absolute Gasteiger partial charge is 0.348 e. The summed E-state index contributed by atoms with van der Waals surface area (Å²) in [5.41, 5.74) is 0.823. The maximum Gasteiger partial charge on any atom is 0.280 e. The molecule has 80 valence electrons. The SMILES string of the molecule is CCn1cnc2c(=O)[nH]c(N(C)C)nc21. The highest BCUT2D eigenvalue weighted by Gasteiger charge is 2.09. The molecule has 2 rings (SSSR count). The summed E-state index contributed by atoms with van der Waals surface area (Å²) in [6.07, 6.45) is 1.63. The fourth-order valence-electron chi connectivity index (χ4n) is 1.39. The van der Waals surface area contributed by atoms with Gasteiger partial charge in [-0.05, 0) is 6.92 Å². The quantitative estimate of drug-likeness (QED) is 0.764. The number of anilines is 1. The number of aromatic nitrogens is 4. The number of hydrogen-bond donors (Lipinski definition) is 1. The lowest BCUT2D eigenvalue weighted by Gasteiger charge is -2.10. The lowest BCUT2D eigenvalue weighted by Crippen LogP contribution is -2.19. The van der Waals surface area contributed by atoms with Gasteiger partial charge in [0.1, 0.15) is 0 Å². The van der Waals surface area contributed by atoms with Gasteiger partial charge in [0, 0.05) is 20.6 Å². The number of rotatable bonds is 2. The third-order valence-corrected chi connectivity index (χ3v) is 2.23. The number of hydrogen-bond acceptors (Lipinski definition) is 4. The van der Waals surface area contributed by atoms with Crippen molar-refractivity contribution >= 4 is 17.1 Å². The Morgan fingerprint density at radius 2 is 2.27 bits per heavy atom. The number of aromatic amines is 1. The van der Waals surface area contributed by atoms with Gasteiger partial charge in [-0.3, -0.25) is 9.78 Å². The summed E-state index contributed by atoms with van der Waals surface area (Å²) in [6, 6.07) is 0. The average Bonchev–Trinajstić information content (AvgIpc) is 2.60. The zero-order chi connectivity index (χ0) is 11.0. The van der Waals surface area contributed by atoms with E-state index in [1.807, 2.05) is 25.6 Å². The average molecular weight is 207 g/mol. The van der Waals surface area contributed by atoms with Crippen molar-refractivity contribution in [2.75, 3.05) is 19.0 Å². The van der Waals surface area contributed by atoms with Gasteiger partial charge in [0.05, 0.1) is 6.33 Å². The molecular weight excluding hydrogens is 194 g/mol. The summed E-state index contributed by atoms with van der Waals surface area (Å²) >= 11 is 0. The second-order valence-corrected chi connectivity index (χ2v) is 3.49. The van der Waals surface area contributed by atoms with Crippen molar-refractivity contribution in [1.29, 1.82) is 0 Å². The van der Waals surface area contributed by atoms with E-state index in [2.05, 4.69) is 15.0 Å². The fourth-order valence-corrected chi connectivity index (χ4v) is 1.39. The number of nitrogens with zero attached hydrogens (tertiary/aromatic N) is 4. The summed E-state index contributed by atoms with van der Waals surface area (Å²) in [5, 5.41) is 0. The fraction of sp³-hybridized carbons (Fsp3) is 0.444. The molecule has 2 heterocycles. The van der Waals surface area contributed by atoms with Crippen LogP contribution in [0.4, 0.5) is 5.95 Å². The maximum atomic E-state index is 11.6. The molecule has 0 fully saturated rings. The molecule has 0 bridgehead atoms. The Labute approximate surface area is 86.6 Å². The van der Waals surface area contributed by atoms with Crippen LogP contribution in [0, 0.1) is 0 Å². The first kappa shape index (κ1) is 9.70. The monoisotopic (exact) mass is 207 g/mol. The van der Waals surface area contributed by atoms with E-state index in [0.717, 1.165) is 6.54 Å². The van der Waals surface area contributed by atoms with Crippen LogP contribution in [0.5, 0.6) is 0 Å². The lowest BCUT2D eigenvalue weighted by atomic mass is 10.5. The van der Waals surface area contributed by atoms with Gasteiger partial charge >= 0.3 is 0 Å². The van der Waals surface area contributed by atoms with E-state index in [-0.39, 0.29) is 5.56 Å². The van der Waals surface area contributed by atoms with Crippen LogP contribution in [0.3, 0.4) is 0 Å². The van der Waals surface area contributed by atoms with Crippen LogP contribution in [0.15, 0.2) is 11.1 Å². The van der Waals surface area contributed by atoms with Crippen molar-refractivity contribution in [2.24, 2.45) is 0 Å². The molecule has 6 heteroatoms. The smallest absolute Gasteiger partial charge is 0.280 e. The van der Waals surface area contributed by atoms with Crippen LogP contribution < -0.4 is 10.5 Å². The highest BCUT2D eigenvalue weighted by Crippen LogP contribution is 2.08. The Hall–Kier alpha value is -1.85. The second kappa shape index (κ2) is 3.38. The van der Waals surface area contributed by atoms with E-state index >= 15 is 0 Å². The van der Waals surface area contributed by atoms with Gasteiger partial charge in [0.2, 0.25) is 5.95 Å². The van der Waals surface area contributed by atoms with Gasteiger partial charge in [0.25, 0.3) is 5.56 Å². The minimum atomic E-state index is -0.198. The summed E-state index contributed by atoms with van der Waals surface area (Å²) in [6.45, 7) is 2.74. The summed E-state index contributed by atoms with van der Waals surface area (Å²) in [4.78, 5) is 24.4. The third-order valence-electron chi connectivity index (χ3n) is 2.23. The van der Waals surface area contributed by atoms with Gasteiger partial charge in [-0.2, -0.15) is 4.98 Å². The minimum absolute atomic E-state index is 0.198. The van der Waals surface area contributed by atoms with Crippen molar-refractivity contribution in [3.05, 3.63) is 16.7 Å². The normalized spacial score (nSPS) is 10.9. The molecule has 0 atom stereocenters. The Morgan fingerprint density at radius 3 is 2.87 bits per heavy atom. The Kier molecular flexibility index (Phi) is 2.18. The number of nitrogens with one attached hydrogen (secondary N) is 1. The molecule has 2 aromatic rings. The molecular formula is C9H13N5O. The van der Waals surface area contributed by atoms with E-state index in [1.165, 1.54) is 0 Å². The van der Waals surface area contributed by atoms with Gasteiger partial charge in [0.15, 0.2) is 11.2 Å². The molecule has 0 unspecified atom stereocenters. The van der Waals surface area contributed by atoms with Crippen LogP contribution in [-0.4, -0.2) is 33.6 Å². The predicted molar refractivity (Wildman–Crippen MR) is 58.1 cm³/mol. The first-order chi connectivity index (χ1) is 7.13. The highest BCUT2D eigenvalue weighted by atomic mass is 16.1. The van der Waals surface area contributed by atoms with E-state index in [0.29, 0.717) is 17.1 Å². The van der Waals surface area contributed by atoms with Crippen molar-refractivity contribution < 1.29 is 0 Å². The van der Waals surface area contributed by atoms with Crippen molar-refractivity contribution in [2.45, 2.75) is 13.5 Å². The topological polar surface area (TPSA) is 66.8 Å². The van der Waals surface area contributed by atoms with E-state index in [9.17, 15) is 4.79 Å². The van der Waals surface area contributed by atoms with Crippen LogP contribution in [0.1, 0.15) is 6.92 Å². The number of H-pyrrole nitrogens is 1. The van der Waals surface area contributed by atoms with Gasteiger partial charge in [-0.25, -0.2) is 4.98 Å². The second-order valence-electron chi connectivity index (χ2n) is 3.49. The molecule has 2 aromatic heterocycles. The Morgan fingerprint density at radius 1 is 1.53 bits per heavy atom. The molecule has 6 nitrogen and oxygen atoms in total. The molecule has 1 N–H and O–H groups in total. The first-order valence-electron chi connectivity index (χ1n) is 4.76. The lowest BCUT2D eigenvalue weighted by molar-refractivity contribution is 0.776. The molecule has 0 radical (unpaired) electrons. The van der Waals surface area contributed by atoms with Crippen molar-refractivity contribution in [3.63, 3.8) is 0 Å². The molecule has 0 spiro atoms. The molecule has 0 saturated carbocycles. The number of fused-ring (bicyclic) bond motifs is 1. The summed E-state index contributed by atoms with van der Waals surface area (Å²) in [5.74, 6) is 0.544. The summed E-state index contributed by atoms with van der Waals surface area (Å²) < 4.78 is 1.84. The van der Waals surface area contributed by atoms with E-state index < -0.39 is 0 Å². The molecule has 0 amide bonds. The van der Waals surface area contributed by atoms with Crippen LogP contribution in [-0.2, 0) is 6.54 Å². The zero-order valence-electron chi connectivity index (χ0n) is 8.98. The molecule has 0 aromatic carbocycles. The highest BCUT2D eigenvalue weighted by molar-refractivity contribution is 5.70. The molecule has 0 saturated heterocycles. The van der Waals surface area contributed by atoms with Crippen LogP contribution in [0.2, 0.25) is 0 Å². The molecule has 0 aliphatic carbocycles. The van der Waals surface area contributed by atoms with E-state index in [1.54, 1.807) is 11.2 Å². The molecule has 15 heavy (non-hydrogen) atoms. The van der Waals surface area contributed by atoms with Gasteiger partial charge < -0.3 is 9.47 Å². The molecule has 0 aliphatic rings. The standard InChI is InChI=1S/C9H13N5O/c1-4-14-5-10-6-7(14)11-9(13(2)3)12-8(6)15/h5H,4H2,1-3H3,(H,11,12,15). The maximum absolute atomic E-state index is 11.6. The molecule has 0 aliphatic heterocycles. The van der Waals surface area contributed by atoms with Gasteiger partial charge in [-0.1, -0.05) is 0 Å². The zero-order valence-corrected chi connectivity index (χ0v) is 8.98. The predicted octanol–water partition coefficient (Wildman–Crippen LogP) is 0.205. The summed E-state index contributed by atoms with van der Waals surface area (Å²) in [7, 11) is 3.66. The van der Waals surface area contributed by atoms with E-state index in [4.69, 9.17) is 0 Å². The number of imidazole rings is 1. The van der Waals surface area contributed by atoms with Gasteiger partial charge in [-0.15, -0.1) is 0 Å². The van der Waals surface area contributed by atoms with Crippen LogP contribution in [0.25, 0.3) is 11.2 Å². The Balaban J connectivity index is 2.77. The Bertz CT molecular complexity index is 539. The first-order valence-corrected chi connectivity index (χ1v) is 4.76. The number of aryl methyl sites for hydroxylation is 1. The minimum Gasteiger partial charge on any atom is -0.348 e. The van der Waals surface area contributed by atoms with Crippen LogP contribution >= 0.6 is 0 Å². The third kappa shape index (κ3) is 1.47.